The summed E-state index contributed by atoms with van der Waals surface area (Å²) in [5.41, 5.74) is 0.778. The van der Waals surface area contributed by atoms with Crippen molar-refractivity contribution in [3.8, 4) is 11.6 Å². The van der Waals surface area contributed by atoms with Gasteiger partial charge in [0.25, 0.3) is 11.8 Å². The van der Waals surface area contributed by atoms with E-state index in [0.717, 1.165) is 11.6 Å². The third kappa shape index (κ3) is 4.81. The molecular weight excluding hydrogens is 443 g/mol. The van der Waals surface area contributed by atoms with Crippen LogP contribution in [0.15, 0.2) is 48.1 Å². The Balaban J connectivity index is 1.27. The van der Waals surface area contributed by atoms with Crippen LogP contribution in [-0.2, 0) is 9.59 Å². The van der Waals surface area contributed by atoms with Gasteiger partial charge in [-0.2, -0.15) is 0 Å². The zero-order chi connectivity index (χ0) is 22.7. The number of aromatic nitrogens is 2. The summed E-state index contributed by atoms with van der Waals surface area (Å²) in [5.74, 6) is -1.05. The average Bonchev–Trinajstić information content (AvgIpc) is 2.75. The second kappa shape index (κ2) is 9.09. The van der Waals surface area contributed by atoms with E-state index in [0.29, 0.717) is 18.5 Å². The van der Waals surface area contributed by atoms with Crippen LogP contribution in [-0.4, -0.2) is 51.7 Å². The highest BCUT2D eigenvalue weighted by molar-refractivity contribution is 6.30. The van der Waals surface area contributed by atoms with Crippen LogP contribution in [0.2, 0.25) is 5.02 Å². The van der Waals surface area contributed by atoms with Crippen molar-refractivity contribution >= 4 is 23.4 Å². The minimum absolute atomic E-state index is 0.0363. The van der Waals surface area contributed by atoms with Crippen molar-refractivity contribution in [1.82, 2.24) is 20.6 Å². The summed E-state index contributed by atoms with van der Waals surface area (Å²) in [6, 6.07) is 3.90. The summed E-state index contributed by atoms with van der Waals surface area (Å²) < 4.78 is 24.0. The highest BCUT2D eigenvalue weighted by Gasteiger charge is 2.52. The van der Waals surface area contributed by atoms with Gasteiger partial charge in [-0.15, -0.1) is 0 Å². The molecule has 1 aromatic heterocycles. The van der Waals surface area contributed by atoms with Crippen molar-refractivity contribution in [2.24, 2.45) is 0 Å². The SMILES string of the molecule is O=C(COc1ccc(Cl)c(F)c1)NC1=C2CC(NC(=O)COc3cnccn3)(C2)[C@@H](O)C1. The Bertz CT molecular complexity index is 1060. The summed E-state index contributed by atoms with van der Waals surface area (Å²) in [4.78, 5) is 32.2. The Labute approximate surface area is 187 Å². The monoisotopic (exact) mass is 462 g/mol. The first-order chi connectivity index (χ1) is 15.3. The number of halogens is 2. The number of amides is 2. The number of aliphatic hydroxyl groups excluding tert-OH is 1. The average molecular weight is 463 g/mol. The number of nitrogens with one attached hydrogen (secondary N) is 2. The van der Waals surface area contributed by atoms with Gasteiger partial charge in [0, 0.05) is 30.6 Å². The summed E-state index contributed by atoms with van der Waals surface area (Å²) in [5, 5.41) is 16.1. The maximum absolute atomic E-state index is 13.4. The number of carbonyl (C=O) groups is 2. The number of hydrogen-bond acceptors (Lipinski definition) is 7. The van der Waals surface area contributed by atoms with Crippen molar-refractivity contribution in [3.05, 3.63) is 58.9 Å². The van der Waals surface area contributed by atoms with Gasteiger partial charge in [-0.05, 0) is 30.5 Å². The van der Waals surface area contributed by atoms with Crippen molar-refractivity contribution in [3.63, 3.8) is 0 Å². The van der Waals surface area contributed by atoms with Gasteiger partial charge in [-0.1, -0.05) is 11.6 Å². The molecule has 11 heteroatoms. The Morgan fingerprint density at radius 3 is 2.69 bits per heavy atom. The second-order valence-corrected chi connectivity index (χ2v) is 8.01. The maximum atomic E-state index is 13.4. The standard InChI is InChI=1S/C21H20ClFN4O5/c22-14-2-1-13(5-15(14)23)31-10-18(29)26-16-6-17(28)21(7-12(16)8-21)27-19(30)11-32-20-9-24-3-4-25-20/h1-5,9,17,28H,6-8,10-11H2,(H,26,29)(H,27,30)/t17-/m0/s1. The third-order valence-electron chi connectivity index (χ3n) is 5.35. The van der Waals surface area contributed by atoms with Crippen molar-refractivity contribution in [1.29, 1.82) is 0 Å². The van der Waals surface area contributed by atoms with E-state index in [9.17, 15) is 19.1 Å². The first-order valence-electron chi connectivity index (χ1n) is 9.81. The first-order valence-corrected chi connectivity index (χ1v) is 10.2. The largest absolute Gasteiger partial charge is 0.484 e. The molecule has 168 valence electrons. The fourth-order valence-corrected chi connectivity index (χ4v) is 3.85. The van der Waals surface area contributed by atoms with E-state index >= 15 is 0 Å². The fraction of sp³-hybridized carbons (Fsp3) is 0.333. The van der Waals surface area contributed by atoms with E-state index in [1.54, 1.807) is 0 Å². The number of carbonyl (C=O) groups excluding carboxylic acids is 2. The quantitative estimate of drug-likeness (QED) is 0.543. The summed E-state index contributed by atoms with van der Waals surface area (Å²) in [6.45, 7) is -0.575. The Hall–Kier alpha value is -3.24. The van der Waals surface area contributed by atoms with Crippen molar-refractivity contribution in [2.45, 2.75) is 30.9 Å². The van der Waals surface area contributed by atoms with Crippen LogP contribution < -0.4 is 20.1 Å². The summed E-state index contributed by atoms with van der Waals surface area (Å²) in [6.07, 6.45) is 4.49. The summed E-state index contributed by atoms with van der Waals surface area (Å²) >= 11 is 5.62. The molecule has 3 N–H and O–H groups in total. The lowest BCUT2D eigenvalue weighted by atomic mass is 9.62. The zero-order valence-corrected chi connectivity index (χ0v) is 17.6. The van der Waals surface area contributed by atoms with Crippen LogP contribution in [0.25, 0.3) is 0 Å². The molecule has 2 bridgehead atoms. The Morgan fingerprint density at radius 1 is 1.22 bits per heavy atom. The van der Waals surface area contributed by atoms with Gasteiger partial charge in [0.15, 0.2) is 13.2 Å². The second-order valence-electron chi connectivity index (χ2n) is 7.60. The number of ether oxygens (including phenoxy) is 2. The van der Waals surface area contributed by atoms with Gasteiger partial charge >= 0.3 is 0 Å². The molecule has 2 amide bonds. The molecule has 0 aliphatic heterocycles. The predicted molar refractivity (Wildman–Crippen MR) is 110 cm³/mol. The number of nitrogens with zero attached hydrogens (tertiary/aromatic N) is 2. The smallest absolute Gasteiger partial charge is 0.262 e. The molecule has 0 unspecified atom stereocenters. The molecule has 1 fully saturated rings. The predicted octanol–water partition coefficient (Wildman–Crippen LogP) is 1.51. The fourth-order valence-electron chi connectivity index (χ4n) is 3.74. The Kier molecular flexibility index (Phi) is 6.24. The Morgan fingerprint density at radius 2 is 2.00 bits per heavy atom. The molecule has 3 aliphatic rings. The van der Waals surface area contributed by atoms with E-state index in [4.69, 9.17) is 21.1 Å². The number of hydrogen-bond donors (Lipinski definition) is 3. The van der Waals surface area contributed by atoms with Gasteiger partial charge < -0.3 is 25.2 Å². The minimum Gasteiger partial charge on any atom is -0.484 e. The minimum atomic E-state index is -0.873. The van der Waals surface area contributed by atoms with E-state index in [-0.39, 0.29) is 42.2 Å². The highest BCUT2D eigenvalue weighted by Crippen LogP contribution is 2.47. The molecule has 1 aromatic carbocycles. The molecule has 32 heavy (non-hydrogen) atoms. The molecular formula is C21H20ClFN4O5. The van der Waals surface area contributed by atoms with E-state index in [1.807, 2.05) is 0 Å². The topological polar surface area (TPSA) is 123 Å². The van der Waals surface area contributed by atoms with E-state index in [1.165, 1.54) is 30.7 Å². The summed E-state index contributed by atoms with van der Waals surface area (Å²) in [7, 11) is 0. The lowest BCUT2D eigenvalue weighted by Gasteiger charge is -2.52. The molecule has 2 aromatic rings. The van der Waals surface area contributed by atoms with Gasteiger partial charge in [-0.3, -0.25) is 14.6 Å². The molecule has 5 rings (SSSR count). The number of benzene rings is 1. The molecule has 3 aliphatic carbocycles. The molecule has 1 heterocycles. The number of rotatable bonds is 8. The first kappa shape index (κ1) is 22.0. The number of fused-ring (bicyclic) bond motifs is 2. The van der Waals surface area contributed by atoms with Crippen molar-refractivity contribution in [2.75, 3.05) is 13.2 Å². The molecule has 1 saturated carbocycles. The van der Waals surface area contributed by atoms with Crippen LogP contribution >= 0.6 is 11.6 Å². The highest BCUT2D eigenvalue weighted by atomic mass is 35.5. The molecule has 1 atom stereocenters. The zero-order valence-electron chi connectivity index (χ0n) is 16.8. The van der Waals surface area contributed by atoms with Crippen LogP contribution in [0.4, 0.5) is 4.39 Å². The molecule has 0 spiro atoms. The van der Waals surface area contributed by atoms with Crippen molar-refractivity contribution < 1.29 is 28.6 Å². The normalized spacial score (nSPS) is 21.4. The lowest BCUT2D eigenvalue weighted by molar-refractivity contribution is -0.129. The molecule has 0 radical (unpaired) electrons. The van der Waals surface area contributed by atoms with Crippen LogP contribution in [0.5, 0.6) is 11.6 Å². The van der Waals surface area contributed by atoms with Crippen LogP contribution in [0.1, 0.15) is 19.3 Å². The van der Waals surface area contributed by atoms with Gasteiger partial charge in [0.05, 0.1) is 22.9 Å². The van der Waals surface area contributed by atoms with E-state index in [2.05, 4.69) is 20.6 Å². The number of aliphatic hydroxyl groups is 1. The van der Waals surface area contributed by atoms with Gasteiger partial charge in [0.1, 0.15) is 11.6 Å². The molecule has 9 nitrogen and oxygen atoms in total. The van der Waals surface area contributed by atoms with Gasteiger partial charge in [0.2, 0.25) is 5.88 Å². The maximum Gasteiger partial charge on any atom is 0.262 e. The lowest BCUT2D eigenvalue weighted by Crippen LogP contribution is -2.65. The van der Waals surface area contributed by atoms with Crippen LogP contribution in [0.3, 0.4) is 0 Å². The van der Waals surface area contributed by atoms with Gasteiger partial charge in [-0.25, -0.2) is 9.37 Å². The third-order valence-corrected chi connectivity index (χ3v) is 5.66. The van der Waals surface area contributed by atoms with Crippen LogP contribution in [0, 0.1) is 5.82 Å². The molecule has 0 saturated heterocycles. The van der Waals surface area contributed by atoms with E-state index < -0.39 is 23.4 Å².